The monoisotopic (exact) mass is 376 g/mol. The van der Waals surface area contributed by atoms with Crippen LogP contribution in [0.15, 0.2) is 48.5 Å². The maximum Gasteiger partial charge on any atom is 0.314 e. The summed E-state index contributed by atoms with van der Waals surface area (Å²) in [5, 5.41) is 32.2. The minimum atomic E-state index is -0.824. The van der Waals surface area contributed by atoms with Crippen molar-refractivity contribution in [3.63, 3.8) is 0 Å². The van der Waals surface area contributed by atoms with Crippen molar-refractivity contribution in [2.24, 2.45) is 0 Å². The molecule has 12 heteroatoms. The Morgan fingerprint density at radius 2 is 1.18 bits per heavy atom. The number of rotatable bonds is 4. The molecule has 28 heavy (non-hydrogen) atoms. The Hall–Kier alpha value is -4.48. The summed E-state index contributed by atoms with van der Waals surface area (Å²) in [6.07, 6.45) is 0. The number of anilines is 2. The second-order valence-electron chi connectivity index (χ2n) is 5.54. The van der Waals surface area contributed by atoms with E-state index in [1.807, 2.05) is 0 Å². The zero-order chi connectivity index (χ0) is 19.3. The van der Waals surface area contributed by atoms with Crippen molar-refractivity contribution < 1.29 is 9.59 Å². The maximum atomic E-state index is 12.2. The smallest absolute Gasteiger partial charge is 0.314 e. The number of carbonyl (C=O) groups is 2. The number of carbonyl (C=O) groups excluding carboxylic acids is 2. The first kappa shape index (κ1) is 17.0. The molecule has 0 radical (unpaired) electrons. The van der Waals surface area contributed by atoms with Crippen molar-refractivity contribution in [1.29, 1.82) is 0 Å². The van der Waals surface area contributed by atoms with Gasteiger partial charge in [0, 0.05) is 22.5 Å². The minimum Gasteiger partial charge on any atom is -0.318 e. The highest BCUT2D eigenvalue weighted by molar-refractivity contribution is 6.43. The number of aromatic amines is 2. The van der Waals surface area contributed by atoms with Gasteiger partial charge in [-0.05, 0) is 34.7 Å². The van der Waals surface area contributed by atoms with Crippen molar-refractivity contribution in [2.75, 3.05) is 10.6 Å². The Kier molecular flexibility index (Phi) is 4.49. The summed E-state index contributed by atoms with van der Waals surface area (Å²) in [7, 11) is 0. The summed E-state index contributed by atoms with van der Waals surface area (Å²) in [5.74, 6) is -0.900. The van der Waals surface area contributed by atoms with E-state index in [4.69, 9.17) is 0 Å². The second-order valence-corrected chi connectivity index (χ2v) is 5.54. The molecule has 0 aliphatic carbocycles. The van der Waals surface area contributed by atoms with Gasteiger partial charge in [0.2, 0.25) is 11.6 Å². The molecule has 0 atom stereocenters. The predicted molar refractivity (Wildman–Crippen MR) is 96.5 cm³/mol. The van der Waals surface area contributed by atoms with Crippen LogP contribution in [0.25, 0.3) is 22.8 Å². The number of hydrogen-bond donors (Lipinski definition) is 4. The number of nitrogens with one attached hydrogen (secondary N) is 4. The molecule has 0 fully saturated rings. The van der Waals surface area contributed by atoms with E-state index < -0.39 is 11.8 Å². The van der Waals surface area contributed by atoms with Gasteiger partial charge in [0.25, 0.3) is 0 Å². The number of tetrazole rings is 2. The van der Waals surface area contributed by atoms with Gasteiger partial charge in [-0.3, -0.25) is 9.59 Å². The van der Waals surface area contributed by atoms with Crippen LogP contribution >= 0.6 is 0 Å². The highest BCUT2D eigenvalue weighted by Gasteiger charge is 2.15. The number of amides is 2. The molecule has 0 bridgehead atoms. The molecule has 2 amide bonds. The molecule has 138 valence electrons. The van der Waals surface area contributed by atoms with Crippen molar-refractivity contribution in [2.45, 2.75) is 0 Å². The average Bonchev–Trinajstić information content (AvgIpc) is 3.42. The lowest BCUT2D eigenvalue weighted by molar-refractivity contribution is -0.132. The van der Waals surface area contributed by atoms with E-state index in [1.54, 1.807) is 48.5 Å². The number of benzene rings is 2. The molecule has 2 aromatic heterocycles. The summed E-state index contributed by atoms with van der Waals surface area (Å²) >= 11 is 0. The Bertz CT molecular complexity index is 1020. The minimum absolute atomic E-state index is 0.374. The van der Waals surface area contributed by atoms with Gasteiger partial charge in [-0.15, -0.1) is 20.4 Å². The third-order valence-electron chi connectivity index (χ3n) is 3.65. The quantitative estimate of drug-likeness (QED) is 0.376. The van der Waals surface area contributed by atoms with Crippen LogP contribution in [0.2, 0.25) is 0 Å². The highest BCUT2D eigenvalue weighted by Crippen LogP contribution is 2.20. The van der Waals surface area contributed by atoms with Crippen molar-refractivity contribution in [3.05, 3.63) is 48.5 Å². The predicted octanol–water partition coefficient (Wildman–Crippen LogP) is 0.624. The van der Waals surface area contributed by atoms with Gasteiger partial charge in [-0.25, -0.2) is 0 Å². The zero-order valence-electron chi connectivity index (χ0n) is 14.1. The van der Waals surface area contributed by atoms with E-state index in [0.29, 0.717) is 34.2 Å². The van der Waals surface area contributed by atoms with Crippen molar-refractivity contribution in [3.8, 4) is 22.8 Å². The largest absolute Gasteiger partial charge is 0.318 e. The van der Waals surface area contributed by atoms with Crippen LogP contribution in [0.4, 0.5) is 11.4 Å². The number of hydrogen-bond acceptors (Lipinski definition) is 8. The van der Waals surface area contributed by atoms with Crippen LogP contribution < -0.4 is 10.6 Å². The zero-order valence-corrected chi connectivity index (χ0v) is 14.1. The van der Waals surface area contributed by atoms with Crippen LogP contribution in [-0.2, 0) is 9.59 Å². The summed E-state index contributed by atoms with van der Waals surface area (Å²) in [4.78, 5) is 24.4. The molecule has 4 N–H and O–H groups in total. The van der Waals surface area contributed by atoms with E-state index in [1.165, 1.54) is 0 Å². The number of aromatic nitrogens is 8. The average molecular weight is 376 g/mol. The Balaban J connectivity index is 1.44. The Morgan fingerprint density at radius 1 is 0.714 bits per heavy atom. The van der Waals surface area contributed by atoms with Gasteiger partial charge < -0.3 is 10.6 Å². The molecule has 0 saturated carbocycles. The van der Waals surface area contributed by atoms with Crippen LogP contribution in [-0.4, -0.2) is 53.1 Å². The standard InChI is InChI=1S/C16H12N10O2/c27-15(17-11-5-1-3-9(7-11)13-19-23-24-20-13)16(28)18-12-6-2-4-10(8-12)14-21-25-26-22-14/h1-8H,(H,17,27)(H,18,28)(H,19,20,23,24)(H,21,22,25,26). The summed E-state index contributed by atoms with van der Waals surface area (Å²) < 4.78 is 0. The molecule has 4 aromatic rings. The normalized spacial score (nSPS) is 10.4. The molecule has 2 heterocycles. The Morgan fingerprint density at radius 3 is 1.57 bits per heavy atom. The second kappa shape index (κ2) is 7.41. The third-order valence-corrected chi connectivity index (χ3v) is 3.65. The fourth-order valence-electron chi connectivity index (χ4n) is 2.42. The van der Waals surface area contributed by atoms with Crippen molar-refractivity contribution in [1.82, 2.24) is 41.2 Å². The third kappa shape index (κ3) is 3.70. The van der Waals surface area contributed by atoms with Crippen LogP contribution in [0.5, 0.6) is 0 Å². The highest BCUT2D eigenvalue weighted by atomic mass is 16.2. The van der Waals surface area contributed by atoms with E-state index in [9.17, 15) is 9.59 Å². The molecule has 0 spiro atoms. The van der Waals surface area contributed by atoms with Gasteiger partial charge in [0.1, 0.15) is 0 Å². The van der Waals surface area contributed by atoms with E-state index >= 15 is 0 Å². The number of nitrogens with zero attached hydrogens (tertiary/aromatic N) is 6. The first-order chi connectivity index (χ1) is 13.7. The maximum absolute atomic E-state index is 12.2. The summed E-state index contributed by atoms with van der Waals surface area (Å²) in [6.45, 7) is 0. The molecular formula is C16H12N10O2. The molecule has 2 aromatic carbocycles. The van der Waals surface area contributed by atoms with E-state index in [2.05, 4.69) is 51.9 Å². The molecular weight excluding hydrogens is 364 g/mol. The van der Waals surface area contributed by atoms with Gasteiger partial charge in [-0.1, -0.05) is 24.3 Å². The first-order valence-electron chi connectivity index (χ1n) is 7.99. The molecule has 12 nitrogen and oxygen atoms in total. The molecule has 0 unspecified atom stereocenters. The number of H-pyrrole nitrogens is 2. The molecule has 0 aliphatic rings. The van der Waals surface area contributed by atoms with Crippen LogP contribution in [0, 0.1) is 0 Å². The first-order valence-corrected chi connectivity index (χ1v) is 7.99. The van der Waals surface area contributed by atoms with Gasteiger partial charge in [-0.2, -0.15) is 10.4 Å². The van der Waals surface area contributed by atoms with Gasteiger partial charge in [0.05, 0.1) is 0 Å². The van der Waals surface area contributed by atoms with Gasteiger partial charge in [0.15, 0.2) is 0 Å². The van der Waals surface area contributed by atoms with Crippen LogP contribution in [0.1, 0.15) is 0 Å². The fraction of sp³-hybridized carbons (Fsp3) is 0. The SMILES string of the molecule is O=C(Nc1cccc(-c2nn[nH]n2)c1)C(=O)Nc1cccc(-c2nn[nH]n2)c1. The lowest BCUT2D eigenvalue weighted by Crippen LogP contribution is -2.29. The van der Waals surface area contributed by atoms with E-state index in [0.717, 1.165) is 0 Å². The fourth-order valence-corrected chi connectivity index (χ4v) is 2.42. The van der Waals surface area contributed by atoms with Crippen molar-refractivity contribution >= 4 is 23.2 Å². The van der Waals surface area contributed by atoms with Gasteiger partial charge >= 0.3 is 11.8 Å². The summed E-state index contributed by atoms with van der Waals surface area (Å²) in [6, 6.07) is 13.5. The lowest BCUT2D eigenvalue weighted by atomic mass is 10.2. The molecule has 0 aliphatic heterocycles. The topological polar surface area (TPSA) is 167 Å². The molecule has 4 rings (SSSR count). The molecule has 0 saturated heterocycles. The van der Waals surface area contributed by atoms with Crippen LogP contribution in [0.3, 0.4) is 0 Å². The lowest BCUT2D eigenvalue weighted by Gasteiger charge is -2.08. The summed E-state index contributed by atoms with van der Waals surface area (Å²) in [5.41, 5.74) is 2.12. The Labute approximate surface area is 156 Å². The van der Waals surface area contributed by atoms with E-state index in [-0.39, 0.29) is 0 Å².